The van der Waals surface area contributed by atoms with Crippen molar-refractivity contribution in [1.29, 1.82) is 0 Å². The Morgan fingerprint density at radius 1 is 1.22 bits per heavy atom. The van der Waals surface area contributed by atoms with Crippen LogP contribution in [0.5, 0.6) is 0 Å². The summed E-state index contributed by atoms with van der Waals surface area (Å²) in [5.74, 6) is 0.194. The maximum Gasteiger partial charge on any atom is 0.329 e. The van der Waals surface area contributed by atoms with Crippen molar-refractivity contribution in [1.82, 2.24) is 24.4 Å². The molecule has 9 nitrogen and oxygen atoms in total. The van der Waals surface area contributed by atoms with Crippen molar-refractivity contribution in [3.63, 3.8) is 0 Å². The van der Waals surface area contributed by atoms with Crippen LogP contribution in [0.4, 0.5) is 5.95 Å². The molecule has 0 aliphatic heterocycles. The lowest BCUT2D eigenvalue weighted by Gasteiger charge is -2.10. The lowest BCUT2D eigenvalue weighted by Crippen LogP contribution is -2.32. The van der Waals surface area contributed by atoms with Crippen molar-refractivity contribution in [2.24, 2.45) is 7.05 Å². The molecule has 1 amide bonds. The van der Waals surface area contributed by atoms with Crippen LogP contribution in [0.15, 0.2) is 9.59 Å². The average molecular weight is 322 g/mol. The highest BCUT2D eigenvalue weighted by Crippen LogP contribution is 2.15. The van der Waals surface area contributed by atoms with Crippen molar-refractivity contribution in [3.05, 3.63) is 20.8 Å². The number of aryl methyl sites for hydroxylation is 1. The Hall–Kier alpha value is -2.58. The lowest BCUT2D eigenvalue weighted by molar-refractivity contribution is -0.121. The number of carbonyl (C=O) groups excluding carboxylic acids is 1. The first-order valence-electron chi connectivity index (χ1n) is 7.69. The van der Waals surface area contributed by atoms with Crippen LogP contribution >= 0.6 is 0 Å². The molecule has 0 unspecified atom stereocenters. The summed E-state index contributed by atoms with van der Waals surface area (Å²) >= 11 is 0. The Morgan fingerprint density at radius 3 is 2.57 bits per heavy atom. The number of imidazole rings is 1. The summed E-state index contributed by atoms with van der Waals surface area (Å²) in [5.41, 5.74) is -0.633. The number of fused-ring (bicyclic) bond motifs is 1. The Labute approximate surface area is 132 Å². The van der Waals surface area contributed by atoms with Crippen molar-refractivity contribution in [2.75, 3.05) is 18.4 Å². The number of nitrogens with zero attached hydrogens (tertiary/aromatic N) is 3. The van der Waals surface area contributed by atoms with Crippen LogP contribution in [-0.4, -0.2) is 38.1 Å². The smallest absolute Gasteiger partial charge is 0.329 e. The van der Waals surface area contributed by atoms with Gasteiger partial charge in [0.2, 0.25) is 11.9 Å². The number of aromatic amines is 1. The first-order chi connectivity index (χ1) is 11.0. The van der Waals surface area contributed by atoms with E-state index in [4.69, 9.17) is 0 Å². The molecule has 0 aliphatic rings. The van der Waals surface area contributed by atoms with E-state index in [1.165, 1.54) is 16.2 Å². The van der Waals surface area contributed by atoms with E-state index in [0.717, 1.165) is 12.8 Å². The van der Waals surface area contributed by atoms with E-state index in [9.17, 15) is 14.4 Å². The average Bonchev–Trinajstić information content (AvgIpc) is 2.87. The molecule has 0 aromatic carbocycles. The molecule has 0 spiro atoms. The molecule has 2 rings (SSSR count). The Kier molecular flexibility index (Phi) is 5.20. The quantitative estimate of drug-likeness (QED) is 0.651. The number of H-pyrrole nitrogens is 1. The molecule has 2 aromatic heterocycles. The fraction of sp³-hybridized carbons (Fsp3) is 0.571. The van der Waals surface area contributed by atoms with Gasteiger partial charge in [0.15, 0.2) is 11.2 Å². The number of hydrogen-bond acceptors (Lipinski definition) is 5. The van der Waals surface area contributed by atoms with Crippen LogP contribution in [0.25, 0.3) is 11.2 Å². The molecule has 2 heterocycles. The lowest BCUT2D eigenvalue weighted by atomic mass is 10.4. The highest BCUT2D eigenvalue weighted by molar-refractivity contribution is 5.81. The molecule has 3 N–H and O–H groups in total. The number of anilines is 1. The third-order valence-corrected chi connectivity index (χ3v) is 3.41. The summed E-state index contributed by atoms with van der Waals surface area (Å²) < 4.78 is 2.77. The van der Waals surface area contributed by atoms with Crippen molar-refractivity contribution in [3.8, 4) is 0 Å². The second-order valence-electron chi connectivity index (χ2n) is 5.29. The summed E-state index contributed by atoms with van der Waals surface area (Å²) in [5, 5.41) is 5.86. The molecule has 0 saturated heterocycles. The molecule has 9 heteroatoms. The SMILES string of the molecule is CCCNC(=O)Cn1c(NCCC)nc2c1c(=O)[nH]c(=O)n2C. The van der Waals surface area contributed by atoms with Crippen LogP contribution in [0.2, 0.25) is 0 Å². The first kappa shape index (κ1) is 16.8. The fourth-order valence-corrected chi connectivity index (χ4v) is 2.22. The van der Waals surface area contributed by atoms with Gasteiger partial charge in [-0.05, 0) is 12.8 Å². The van der Waals surface area contributed by atoms with Gasteiger partial charge in [-0.3, -0.25) is 23.7 Å². The summed E-state index contributed by atoms with van der Waals surface area (Å²) in [4.78, 5) is 42.5. The number of aromatic nitrogens is 4. The zero-order chi connectivity index (χ0) is 17.0. The van der Waals surface area contributed by atoms with Crippen LogP contribution in [0, 0.1) is 0 Å². The van der Waals surface area contributed by atoms with E-state index in [1.807, 2.05) is 13.8 Å². The molecule has 0 bridgehead atoms. The second kappa shape index (κ2) is 7.12. The minimum absolute atomic E-state index is 0.0379. The molecule has 126 valence electrons. The minimum Gasteiger partial charge on any atom is -0.356 e. The fourth-order valence-electron chi connectivity index (χ4n) is 2.22. The van der Waals surface area contributed by atoms with Crippen molar-refractivity contribution in [2.45, 2.75) is 33.2 Å². The molecule has 0 aliphatic carbocycles. The molecule has 2 aromatic rings. The third-order valence-electron chi connectivity index (χ3n) is 3.41. The molecular weight excluding hydrogens is 300 g/mol. The van der Waals surface area contributed by atoms with Gasteiger partial charge >= 0.3 is 5.69 Å². The Bertz CT molecular complexity index is 816. The maximum absolute atomic E-state index is 12.2. The number of nitrogens with one attached hydrogen (secondary N) is 3. The van der Waals surface area contributed by atoms with Gasteiger partial charge in [-0.25, -0.2) is 4.79 Å². The van der Waals surface area contributed by atoms with Crippen LogP contribution in [0.3, 0.4) is 0 Å². The predicted octanol–water partition coefficient (Wildman–Crippen LogP) is -0.229. The zero-order valence-electron chi connectivity index (χ0n) is 13.6. The Balaban J connectivity index is 2.54. The third kappa shape index (κ3) is 3.43. The first-order valence-corrected chi connectivity index (χ1v) is 7.69. The van der Waals surface area contributed by atoms with Gasteiger partial charge in [-0.2, -0.15) is 4.98 Å². The highest BCUT2D eigenvalue weighted by Gasteiger charge is 2.18. The summed E-state index contributed by atoms with van der Waals surface area (Å²) in [6.07, 6.45) is 1.69. The van der Waals surface area contributed by atoms with E-state index in [2.05, 4.69) is 20.6 Å². The van der Waals surface area contributed by atoms with E-state index in [0.29, 0.717) is 19.0 Å². The second-order valence-corrected chi connectivity index (χ2v) is 5.29. The molecule has 0 saturated carbocycles. The molecule has 0 atom stereocenters. The Morgan fingerprint density at radius 2 is 1.91 bits per heavy atom. The van der Waals surface area contributed by atoms with E-state index in [1.54, 1.807) is 0 Å². The van der Waals surface area contributed by atoms with Crippen LogP contribution < -0.4 is 21.9 Å². The van der Waals surface area contributed by atoms with Gasteiger partial charge < -0.3 is 10.6 Å². The number of rotatable bonds is 7. The molecule has 0 fully saturated rings. The maximum atomic E-state index is 12.2. The van der Waals surface area contributed by atoms with E-state index in [-0.39, 0.29) is 23.6 Å². The van der Waals surface area contributed by atoms with Crippen molar-refractivity contribution < 1.29 is 4.79 Å². The van der Waals surface area contributed by atoms with Gasteiger partial charge in [0.05, 0.1) is 0 Å². The predicted molar refractivity (Wildman–Crippen MR) is 87.7 cm³/mol. The highest BCUT2D eigenvalue weighted by atomic mass is 16.2. The molecule has 23 heavy (non-hydrogen) atoms. The van der Waals surface area contributed by atoms with E-state index >= 15 is 0 Å². The molecular formula is C14H22N6O3. The van der Waals surface area contributed by atoms with Crippen molar-refractivity contribution >= 4 is 23.0 Å². The molecule has 0 radical (unpaired) electrons. The number of hydrogen-bond donors (Lipinski definition) is 3. The minimum atomic E-state index is -0.552. The normalized spacial score (nSPS) is 10.9. The van der Waals surface area contributed by atoms with Gasteiger partial charge in [0, 0.05) is 20.1 Å². The van der Waals surface area contributed by atoms with Gasteiger partial charge in [-0.1, -0.05) is 13.8 Å². The van der Waals surface area contributed by atoms with Gasteiger partial charge in [0.1, 0.15) is 6.54 Å². The van der Waals surface area contributed by atoms with E-state index < -0.39 is 11.2 Å². The van der Waals surface area contributed by atoms with Gasteiger partial charge in [-0.15, -0.1) is 0 Å². The van der Waals surface area contributed by atoms with Crippen LogP contribution in [-0.2, 0) is 18.4 Å². The topological polar surface area (TPSA) is 114 Å². The monoisotopic (exact) mass is 322 g/mol. The summed E-state index contributed by atoms with van der Waals surface area (Å²) in [7, 11) is 1.53. The standard InChI is InChI=1S/C14H22N6O3/c1-4-6-15-9(21)8-20-10-11(17-13(20)16-7-5-2)19(3)14(23)18-12(10)22/h4-8H2,1-3H3,(H,15,21)(H,16,17)(H,18,22,23). The van der Waals surface area contributed by atoms with Crippen LogP contribution in [0.1, 0.15) is 26.7 Å². The summed E-state index contributed by atoms with van der Waals surface area (Å²) in [6, 6.07) is 0. The number of carbonyl (C=O) groups is 1. The largest absolute Gasteiger partial charge is 0.356 e. The zero-order valence-corrected chi connectivity index (χ0v) is 13.6. The summed E-state index contributed by atoms with van der Waals surface area (Å²) in [6.45, 7) is 5.13. The number of amides is 1. The van der Waals surface area contributed by atoms with Gasteiger partial charge in [0.25, 0.3) is 5.56 Å².